The Labute approximate surface area is 151 Å². The third-order valence-corrected chi connectivity index (χ3v) is 4.63. The van der Waals surface area contributed by atoms with E-state index in [0.29, 0.717) is 10.6 Å². The van der Waals surface area contributed by atoms with Gasteiger partial charge in [0.1, 0.15) is 0 Å². The predicted molar refractivity (Wildman–Crippen MR) is 104 cm³/mol. The van der Waals surface area contributed by atoms with Gasteiger partial charge in [0, 0.05) is 24.3 Å². The summed E-state index contributed by atoms with van der Waals surface area (Å²) in [6.07, 6.45) is 4.37. The van der Waals surface area contributed by atoms with Crippen LogP contribution < -0.4 is 4.90 Å². The normalized spacial score (nSPS) is 14.5. The molecule has 0 unspecified atom stereocenters. The average molecular weight is 349 g/mol. The van der Waals surface area contributed by atoms with Gasteiger partial charge in [-0.25, -0.2) is 5.10 Å². The third kappa shape index (κ3) is 3.39. The number of nitrogens with zero attached hydrogens (tertiary/aromatic N) is 4. The number of H-pyrrole nitrogens is 1. The Balaban J connectivity index is 1.58. The molecule has 25 heavy (non-hydrogen) atoms. The van der Waals surface area contributed by atoms with E-state index in [1.165, 1.54) is 18.5 Å². The van der Waals surface area contributed by atoms with Gasteiger partial charge in [-0.2, -0.15) is 14.9 Å². The highest BCUT2D eigenvalue weighted by atomic mass is 32.1. The molecule has 0 amide bonds. The van der Waals surface area contributed by atoms with Crippen LogP contribution in [0.15, 0.2) is 59.7 Å². The Hall–Kier alpha value is -2.73. The smallest absolute Gasteiger partial charge is 0.216 e. The van der Waals surface area contributed by atoms with Gasteiger partial charge in [-0.1, -0.05) is 42.5 Å². The lowest BCUT2D eigenvalue weighted by Crippen LogP contribution is -2.17. The highest BCUT2D eigenvalue weighted by Crippen LogP contribution is 2.20. The van der Waals surface area contributed by atoms with Gasteiger partial charge in [-0.15, -0.1) is 0 Å². The number of rotatable bonds is 4. The van der Waals surface area contributed by atoms with Gasteiger partial charge in [-0.05, 0) is 42.8 Å². The highest BCUT2D eigenvalue weighted by molar-refractivity contribution is 7.71. The molecule has 0 aliphatic carbocycles. The first-order valence-electron chi connectivity index (χ1n) is 8.43. The molecular weight excluding hydrogens is 330 g/mol. The van der Waals surface area contributed by atoms with E-state index < -0.39 is 0 Å². The maximum Gasteiger partial charge on any atom is 0.216 e. The van der Waals surface area contributed by atoms with E-state index >= 15 is 0 Å². The Morgan fingerprint density at radius 1 is 1.00 bits per heavy atom. The molecule has 5 nitrogen and oxygen atoms in total. The molecule has 4 rings (SSSR count). The molecule has 2 heterocycles. The molecule has 1 saturated heterocycles. The van der Waals surface area contributed by atoms with Crippen molar-refractivity contribution in [1.29, 1.82) is 0 Å². The first-order valence-corrected chi connectivity index (χ1v) is 8.84. The second-order valence-corrected chi connectivity index (χ2v) is 6.45. The second-order valence-electron chi connectivity index (χ2n) is 6.06. The van der Waals surface area contributed by atoms with Crippen molar-refractivity contribution in [1.82, 2.24) is 14.9 Å². The third-order valence-electron chi connectivity index (χ3n) is 4.37. The molecule has 0 atom stereocenters. The maximum atomic E-state index is 5.31. The Morgan fingerprint density at radius 3 is 2.44 bits per heavy atom. The van der Waals surface area contributed by atoms with Crippen molar-refractivity contribution in [3.05, 3.63) is 64.9 Å². The average Bonchev–Trinajstić information content (AvgIpc) is 3.31. The Bertz CT molecular complexity index is 918. The van der Waals surface area contributed by atoms with Crippen LogP contribution in [0.1, 0.15) is 18.4 Å². The van der Waals surface area contributed by atoms with Crippen LogP contribution in [0.3, 0.4) is 0 Å². The van der Waals surface area contributed by atoms with Crippen LogP contribution in [-0.2, 0) is 0 Å². The lowest BCUT2D eigenvalue weighted by Gasteiger charge is -2.17. The van der Waals surface area contributed by atoms with Crippen molar-refractivity contribution in [3.8, 4) is 11.4 Å². The molecule has 3 aromatic rings. The van der Waals surface area contributed by atoms with Crippen molar-refractivity contribution in [2.24, 2.45) is 5.10 Å². The van der Waals surface area contributed by atoms with Gasteiger partial charge in [0.05, 0.1) is 6.21 Å². The number of hydrogen-bond donors (Lipinski definition) is 1. The maximum absolute atomic E-state index is 5.31. The fourth-order valence-electron chi connectivity index (χ4n) is 3.04. The molecule has 126 valence electrons. The van der Waals surface area contributed by atoms with Gasteiger partial charge in [-0.3, -0.25) is 0 Å². The Morgan fingerprint density at radius 2 is 1.72 bits per heavy atom. The zero-order valence-corrected chi connectivity index (χ0v) is 14.6. The summed E-state index contributed by atoms with van der Waals surface area (Å²) in [7, 11) is 0. The lowest BCUT2D eigenvalue weighted by atomic mass is 10.2. The fourth-order valence-corrected chi connectivity index (χ4v) is 3.22. The van der Waals surface area contributed by atoms with Crippen LogP contribution in [-0.4, -0.2) is 34.2 Å². The molecule has 0 bridgehead atoms. The molecule has 2 aromatic carbocycles. The Kier molecular flexibility index (Phi) is 4.43. The predicted octanol–water partition coefficient (Wildman–Crippen LogP) is 4.09. The van der Waals surface area contributed by atoms with Gasteiger partial charge in [0.25, 0.3) is 0 Å². The molecule has 1 N–H and O–H groups in total. The summed E-state index contributed by atoms with van der Waals surface area (Å²) >= 11 is 5.31. The van der Waals surface area contributed by atoms with E-state index in [4.69, 9.17) is 12.2 Å². The topological polar surface area (TPSA) is 49.2 Å². The molecule has 1 aromatic heterocycles. The van der Waals surface area contributed by atoms with Gasteiger partial charge in [0.2, 0.25) is 4.77 Å². The molecule has 1 fully saturated rings. The molecule has 0 spiro atoms. The van der Waals surface area contributed by atoms with E-state index in [9.17, 15) is 0 Å². The molecule has 1 aliphatic rings. The molecule has 1 aliphatic heterocycles. The number of hydrogen-bond acceptors (Lipinski definition) is 4. The monoisotopic (exact) mass is 349 g/mol. The quantitative estimate of drug-likeness (QED) is 0.570. The van der Waals surface area contributed by atoms with Gasteiger partial charge >= 0.3 is 0 Å². The summed E-state index contributed by atoms with van der Waals surface area (Å²) in [5, 5.41) is 11.6. The number of anilines is 1. The van der Waals surface area contributed by atoms with E-state index in [1.807, 2.05) is 36.5 Å². The highest BCUT2D eigenvalue weighted by Gasteiger charge is 2.11. The first kappa shape index (κ1) is 15.8. The molecular formula is C19H19N5S. The summed E-state index contributed by atoms with van der Waals surface area (Å²) in [5.41, 5.74) is 3.28. The van der Waals surface area contributed by atoms with Crippen molar-refractivity contribution >= 4 is 24.1 Å². The van der Waals surface area contributed by atoms with Crippen molar-refractivity contribution in [2.45, 2.75) is 12.8 Å². The van der Waals surface area contributed by atoms with Crippen molar-refractivity contribution in [3.63, 3.8) is 0 Å². The summed E-state index contributed by atoms with van der Waals surface area (Å²) < 4.78 is 2.13. The summed E-state index contributed by atoms with van der Waals surface area (Å²) in [6, 6.07) is 18.4. The zero-order chi connectivity index (χ0) is 17.1. The van der Waals surface area contributed by atoms with Crippen LogP contribution in [0.5, 0.6) is 0 Å². The number of aromatic nitrogens is 3. The van der Waals surface area contributed by atoms with Gasteiger partial charge < -0.3 is 4.90 Å². The molecule has 0 radical (unpaired) electrons. The number of benzene rings is 2. The van der Waals surface area contributed by atoms with E-state index in [-0.39, 0.29) is 0 Å². The molecule has 0 saturated carbocycles. The SMILES string of the molecule is S=c1[nH]nc(-c2ccccc2)n1N=Cc1ccc(N2CCCC2)cc1. The zero-order valence-electron chi connectivity index (χ0n) is 13.8. The van der Waals surface area contributed by atoms with Crippen LogP contribution in [0.25, 0.3) is 11.4 Å². The standard InChI is InChI=1S/C19H19N5S/c25-19-22-21-18(16-6-2-1-3-7-16)24(19)20-14-15-8-10-17(11-9-15)23-12-4-5-13-23/h1-3,6-11,14H,4-5,12-13H2,(H,22,25). The van der Waals surface area contributed by atoms with E-state index in [0.717, 1.165) is 24.2 Å². The fraction of sp³-hybridized carbons (Fsp3) is 0.211. The summed E-state index contributed by atoms with van der Waals surface area (Å²) in [5.74, 6) is 0.704. The van der Waals surface area contributed by atoms with Crippen LogP contribution in [0.4, 0.5) is 5.69 Å². The van der Waals surface area contributed by atoms with E-state index in [2.05, 4.69) is 44.5 Å². The minimum atomic E-state index is 0.476. The summed E-state index contributed by atoms with van der Waals surface area (Å²) in [6.45, 7) is 2.30. The minimum absolute atomic E-state index is 0.476. The second kappa shape index (κ2) is 7.03. The summed E-state index contributed by atoms with van der Waals surface area (Å²) in [4.78, 5) is 2.42. The number of aromatic amines is 1. The van der Waals surface area contributed by atoms with Crippen LogP contribution >= 0.6 is 12.2 Å². The minimum Gasteiger partial charge on any atom is -0.372 e. The lowest BCUT2D eigenvalue weighted by molar-refractivity contribution is 0.871. The van der Waals surface area contributed by atoms with Crippen LogP contribution in [0.2, 0.25) is 0 Å². The van der Waals surface area contributed by atoms with Crippen LogP contribution in [0, 0.1) is 4.77 Å². The van der Waals surface area contributed by atoms with Crippen molar-refractivity contribution in [2.75, 3.05) is 18.0 Å². The first-order chi connectivity index (χ1) is 12.3. The number of nitrogens with one attached hydrogen (secondary N) is 1. The largest absolute Gasteiger partial charge is 0.372 e. The van der Waals surface area contributed by atoms with Crippen molar-refractivity contribution < 1.29 is 0 Å². The van der Waals surface area contributed by atoms with Gasteiger partial charge in [0.15, 0.2) is 5.82 Å². The van der Waals surface area contributed by atoms with E-state index in [1.54, 1.807) is 4.68 Å². The molecule has 6 heteroatoms.